The highest BCUT2D eigenvalue weighted by molar-refractivity contribution is 5.95. The number of nitrogens with one attached hydrogen (secondary N) is 1. The van der Waals surface area contributed by atoms with Crippen LogP contribution in [0.15, 0.2) is 40.8 Å². The molecule has 4 nitrogen and oxygen atoms in total. The fourth-order valence-electron chi connectivity index (χ4n) is 2.66. The van der Waals surface area contributed by atoms with E-state index in [1.807, 2.05) is 18.2 Å². The van der Waals surface area contributed by atoms with Crippen LogP contribution in [0.3, 0.4) is 0 Å². The van der Waals surface area contributed by atoms with Gasteiger partial charge in [0.1, 0.15) is 11.5 Å². The average Bonchev–Trinajstić information content (AvgIpc) is 2.98. The van der Waals surface area contributed by atoms with Crippen LogP contribution in [0.2, 0.25) is 0 Å². The lowest BCUT2D eigenvalue weighted by Gasteiger charge is -2.21. The highest BCUT2D eigenvalue weighted by Gasteiger charge is 2.20. The van der Waals surface area contributed by atoms with Gasteiger partial charge in [-0.25, -0.2) is 4.79 Å². The molecule has 1 aromatic heterocycles. The first-order chi connectivity index (χ1) is 9.75. The molecule has 0 bridgehead atoms. The van der Waals surface area contributed by atoms with Crippen molar-refractivity contribution >= 4 is 5.97 Å². The molecule has 1 aliphatic rings. The van der Waals surface area contributed by atoms with Crippen LogP contribution >= 0.6 is 0 Å². The Balaban J connectivity index is 1.92. The van der Waals surface area contributed by atoms with Crippen molar-refractivity contribution in [1.82, 2.24) is 5.32 Å². The molecule has 1 saturated heterocycles. The van der Waals surface area contributed by atoms with E-state index in [-0.39, 0.29) is 11.6 Å². The number of hydrogen-bond acceptors (Lipinski definition) is 3. The smallest absolute Gasteiger partial charge is 0.336 e. The van der Waals surface area contributed by atoms with Gasteiger partial charge in [0.15, 0.2) is 0 Å². The summed E-state index contributed by atoms with van der Waals surface area (Å²) in [5.74, 6) is 0.569. The molecule has 3 rings (SSSR count). The van der Waals surface area contributed by atoms with Crippen molar-refractivity contribution in [3.8, 4) is 11.3 Å². The highest BCUT2D eigenvalue weighted by atomic mass is 16.4. The number of furan rings is 1. The van der Waals surface area contributed by atoms with E-state index in [9.17, 15) is 9.90 Å². The summed E-state index contributed by atoms with van der Waals surface area (Å²) in [6, 6.07) is 11.0. The van der Waals surface area contributed by atoms with Crippen LogP contribution in [0.1, 0.15) is 41.4 Å². The van der Waals surface area contributed by atoms with Crippen molar-refractivity contribution in [3.63, 3.8) is 0 Å². The lowest BCUT2D eigenvalue weighted by molar-refractivity contribution is 0.0697. The molecule has 104 valence electrons. The summed E-state index contributed by atoms with van der Waals surface area (Å²) in [4.78, 5) is 11.2. The maximum atomic E-state index is 11.2. The van der Waals surface area contributed by atoms with Gasteiger partial charge < -0.3 is 14.8 Å². The van der Waals surface area contributed by atoms with Crippen LogP contribution in [0.5, 0.6) is 0 Å². The molecule has 1 fully saturated rings. The van der Waals surface area contributed by atoms with Gasteiger partial charge in [0.25, 0.3) is 0 Å². The number of benzene rings is 1. The summed E-state index contributed by atoms with van der Waals surface area (Å²) < 4.78 is 5.87. The second kappa shape index (κ2) is 5.51. The molecular weight excluding hydrogens is 254 g/mol. The third-order valence-electron chi connectivity index (χ3n) is 3.70. The molecule has 1 atom stereocenters. The summed E-state index contributed by atoms with van der Waals surface area (Å²) in [6.07, 6.45) is 3.46. The van der Waals surface area contributed by atoms with E-state index in [0.717, 1.165) is 18.7 Å². The molecular formula is C16H17NO3. The maximum absolute atomic E-state index is 11.2. The minimum Gasteiger partial charge on any atom is -0.478 e. The van der Waals surface area contributed by atoms with Crippen LogP contribution in [0.4, 0.5) is 0 Å². The monoisotopic (exact) mass is 271 g/mol. The molecule has 2 aromatic rings. The summed E-state index contributed by atoms with van der Waals surface area (Å²) in [5, 5.41) is 12.7. The number of aromatic carboxylic acids is 1. The lowest BCUT2D eigenvalue weighted by Crippen LogP contribution is -2.26. The Kier molecular flexibility index (Phi) is 3.56. The Labute approximate surface area is 117 Å². The fraction of sp³-hybridized carbons (Fsp3) is 0.312. The van der Waals surface area contributed by atoms with Crippen LogP contribution in [-0.2, 0) is 0 Å². The average molecular weight is 271 g/mol. The number of rotatable bonds is 3. The molecule has 20 heavy (non-hydrogen) atoms. The van der Waals surface area contributed by atoms with Crippen LogP contribution in [0.25, 0.3) is 11.3 Å². The third-order valence-corrected chi connectivity index (χ3v) is 3.70. The zero-order chi connectivity index (χ0) is 13.9. The van der Waals surface area contributed by atoms with Gasteiger partial charge in [-0.05, 0) is 37.6 Å². The number of carboxylic acids is 1. The minimum atomic E-state index is -0.936. The third kappa shape index (κ3) is 2.47. The number of carbonyl (C=O) groups is 1. The molecule has 2 heterocycles. The van der Waals surface area contributed by atoms with Crippen molar-refractivity contribution in [1.29, 1.82) is 0 Å². The SMILES string of the molecule is O=C(O)c1ccccc1-c1ccc([C@@H]2CCCCN2)o1. The largest absolute Gasteiger partial charge is 0.478 e. The molecule has 1 aromatic carbocycles. The molecule has 1 aliphatic heterocycles. The van der Waals surface area contributed by atoms with E-state index in [1.165, 1.54) is 12.8 Å². The fourth-order valence-corrected chi connectivity index (χ4v) is 2.66. The van der Waals surface area contributed by atoms with Gasteiger partial charge in [-0.15, -0.1) is 0 Å². The molecule has 0 radical (unpaired) electrons. The van der Waals surface area contributed by atoms with Crippen molar-refractivity contribution in [2.75, 3.05) is 6.54 Å². The van der Waals surface area contributed by atoms with Gasteiger partial charge >= 0.3 is 5.97 Å². The zero-order valence-corrected chi connectivity index (χ0v) is 11.1. The quantitative estimate of drug-likeness (QED) is 0.897. The van der Waals surface area contributed by atoms with Crippen LogP contribution < -0.4 is 5.32 Å². The van der Waals surface area contributed by atoms with Crippen molar-refractivity contribution in [2.24, 2.45) is 0 Å². The molecule has 2 N–H and O–H groups in total. The Morgan fingerprint density at radius 2 is 2.05 bits per heavy atom. The molecule has 0 saturated carbocycles. The van der Waals surface area contributed by atoms with Gasteiger partial charge in [0.05, 0.1) is 11.6 Å². The zero-order valence-electron chi connectivity index (χ0n) is 11.1. The lowest BCUT2D eigenvalue weighted by atomic mass is 10.0. The summed E-state index contributed by atoms with van der Waals surface area (Å²) in [5.41, 5.74) is 0.895. The summed E-state index contributed by atoms with van der Waals surface area (Å²) >= 11 is 0. The normalized spacial score (nSPS) is 18.9. The Hall–Kier alpha value is -2.07. The van der Waals surface area contributed by atoms with E-state index >= 15 is 0 Å². The molecule has 0 aliphatic carbocycles. The Bertz CT molecular complexity index is 612. The predicted octanol–water partition coefficient (Wildman–Crippen LogP) is 3.46. The standard InChI is InChI=1S/C16H17NO3/c18-16(19)12-6-2-1-5-11(12)14-8-9-15(20-14)13-7-3-4-10-17-13/h1-2,5-6,8-9,13,17H,3-4,7,10H2,(H,18,19)/t13-/m0/s1. The van der Waals surface area contributed by atoms with E-state index < -0.39 is 5.97 Å². The molecule has 4 heteroatoms. The highest BCUT2D eigenvalue weighted by Crippen LogP contribution is 2.30. The first-order valence-electron chi connectivity index (χ1n) is 6.91. The molecule has 0 amide bonds. The van der Waals surface area contributed by atoms with Gasteiger partial charge in [-0.3, -0.25) is 0 Å². The van der Waals surface area contributed by atoms with Crippen molar-refractivity contribution in [2.45, 2.75) is 25.3 Å². The topological polar surface area (TPSA) is 62.5 Å². The number of carboxylic acid groups (broad SMARTS) is 1. The minimum absolute atomic E-state index is 0.245. The van der Waals surface area contributed by atoms with E-state index in [1.54, 1.807) is 18.2 Å². The van der Waals surface area contributed by atoms with E-state index in [0.29, 0.717) is 11.3 Å². The Morgan fingerprint density at radius 1 is 1.20 bits per heavy atom. The van der Waals surface area contributed by atoms with Crippen molar-refractivity contribution in [3.05, 3.63) is 47.7 Å². The summed E-state index contributed by atoms with van der Waals surface area (Å²) in [7, 11) is 0. The van der Waals surface area contributed by atoms with Gasteiger partial charge in [0, 0.05) is 5.56 Å². The number of piperidine rings is 1. The van der Waals surface area contributed by atoms with Crippen LogP contribution in [-0.4, -0.2) is 17.6 Å². The molecule has 0 spiro atoms. The van der Waals surface area contributed by atoms with Crippen LogP contribution in [0, 0.1) is 0 Å². The van der Waals surface area contributed by atoms with Gasteiger partial charge in [0.2, 0.25) is 0 Å². The second-order valence-corrected chi connectivity index (χ2v) is 5.06. The van der Waals surface area contributed by atoms with E-state index in [2.05, 4.69) is 5.32 Å². The molecule has 0 unspecified atom stereocenters. The van der Waals surface area contributed by atoms with Gasteiger partial charge in [-0.1, -0.05) is 24.6 Å². The maximum Gasteiger partial charge on any atom is 0.336 e. The first kappa shape index (κ1) is 12.9. The van der Waals surface area contributed by atoms with Crippen molar-refractivity contribution < 1.29 is 14.3 Å². The number of hydrogen-bond donors (Lipinski definition) is 2. The first-order valence-corrected chi connectivity index (χ1v) is 6.91. The summed E-state index contributed by atoms with van der Waals surface area (Å²) in [6.45, 7) is 1.01. The predicted molar refractivity (Wildman–Crippen MR) is 75.7 cm³/mol. The Morgan fingerprint density at radius 3 is 2.80 bits per heavy atom. The van der Waals surface area contributed by atoms with E-state index in [4.69, 9.17) is 4.42 Å². The second-order valence-electron chi connectivity index (χ2n) is 5.06. The van der Waals surface area contributed by atoms with Gasteiger partial charge in [-0.2, -0.15) is 0 Å².